The van der Waals surface area contributed by atoms with Crippen LogP contribution in [0.25, 0.3) is 0 Å². The Bertz CT molecular complexity index is 370. The van der Waals surface area contributed by atoms with Gasteiger partial charge in [0.1, 0.15) is 11.6 Å². The molecule has 19 heavy (non-hydrogen) atoms. The van der Waals surface area contributed by atoms with Crippen LogP contribution < -0.4 is 5.32 Å². The van der Waals surface area contributed by atoms with Crippen molar-refractivity contribution in [3.05, 3.63) is 0 Å². The van der Waals surface area contributed by atoms with E-state index in [1.54, 1.807) is 0 Å². The summed E-state index contributed by atoms with van der Waals surface area (Å²) in [7, 11) is 0. The van der Waals surface area contributed by atoms with Gasteiger partial charge in [-0.05, 0) is 37.9 Å². The van der Waals surface area contributed by atoms with Crippen LogP contribution in [0.15, 0.2) is 0 Å². The van der Waals surface area contributed by atoms with Gasteiger partial charge in [-0.3, -0.25) is 9.59 Å². The highest BCUT2D eigenvalue weighted by Crippen LogP contribution is 2.44. The minimum atomic E-state index is -0.614. The second kappa shape index (κ2) is 5.73. The quantitative estimate of drug-likeness (QED) is 0.755. The summed E-state index contributed by atoms with van der Waals surface area (Å²) in [6, 6.07) is -0.328. The minimum Gasteiger partial charge on any atom is -0.342 e. The van der Waals surface area contributed by atoms with Crippen molar-refractivity contribution in [1.29, 1.82) is 0 Å². The Balaban J connectivity index is 2.18. The number of carbonyl (C=O) groups is 2. The van der Waals surface area contributed by atoms with Crippen LogP contribution in [-0.2, 0) is 9.59 Å². The summed E-state index contributed by atoms with van der Waals surface area (Å²) < 4.78 is 0. The fourth-order valence-corrected chi connectivity index (χ4v) is 3.48. The highest BCUT2D eigenvalue weighted by molar-refractivity contribution is 7.99. The molecular formula is C14H24N2O2S. The molecule has 4 nitrogen and oxygen atoms in total. The second-order valence-corrected chi connectivity index (χ2v) is 6.94. The molecule has 1 aliphatic heterocycles. The lowest BCUT2D eigenvalue weighted by Crippen LogP contribution is -2.70. The summed E-state index contributed by atoms with van der Waals surface area (Å²) in [5, 5.41) is 2.91. The molecule has 0 aromatic heterocycles. The van der Waals surface area contributed by atoms with E-state index < -0.39 is 5.54 Å². The molecule has 0 spiro atoms. The summed E-state index contributed by atoms with van der Waals surface area (Å²) in [4.78, 5) is 26.9. The molecule has 2 amide bonds. The number of nitrogens with one attached hydrogen (secondary N) is 1. The molecule has 2 rings (SSSR count). The topological polar surface area (TPSA) is 49.4 Å². The van der Waals surface area contributed by atoms with E-state index in [0.29, 0.717) is 18.9 Å². The first kappa shape index (κ1) is 14.7. The van der Waals surface area contributed by atoms with Crippen molar-refractivity contribution in [2.45, 2.75) is 51.6 Å². The third-order valence-electron chi connectivity index (χ3n) is 4.33. The second-order valence-electron chi connectivity index (χ2n) is 5.54. The van der Waals surface area contributed by atoms with Gasteiger partial charge in [0.25, 0.3) is 0 Å². The average Bonchev–Trinajstić information content (AvgIpc) is 3.22. The zero-order valence-corrected chi connectivity index (χ0v) is 12.9. The van der Waals surface area contributed by atoms with Crippen LogP contribution in [-0.4, -0.2) is 46.3 Å². The van der Waals surface area contributed by atoms with Gasteiger partial charge in [-0.1, -0.05) is 13.8 Å². The van der Waals surface area contributed by atoms with Crippen molar-refractivity contribution < 1.29 is 9.59 Å². The maximum Gasteiger partial charge on any atom is 0.246 e. The predicted molar refractivity (Wildman–Crippen MR) is 78.1 cm³/mol. The van der Waals surface area contributed by atoms with E-state index in [2.05, 4.69) is 12.2 Å². The molecule has 1 heterocycles. The van der Waals surface area contributed by atoms with Crippen molar-refractivity contribution in [2.24, 2.45) is 5.92 Å². The lowest BCUT2D eigenvalue weighted by atomic mass is 9.88. The molecule has 2 fully saturated rings. The van der Waals surface area contributed by atoms with Crippen molar-refractivity contribution in [1.82, 2.24) is 10.2 Å². The Hall–Kier alpha value is -0.710. The monoisotopic (exact) mass is 284 g/mol. The summed E-state index contributed by atoms with van der Waals surface area (Å²) in [6.07, 6.45) is 2.79. The van der Waals surface area contributed by atoms with E-state index >= 15 is 0 Å². The number of rotatable bonds is 6. The standard InChI is InChI=1S/C14H24N2O2S/c1-4-11-12(17)16(8-9-19-5-2)14(3,10-6-7-10)13(18)15-11/h10-11H,4-9H2,1-3H3,(H,15,18). The van der Waals surface area contributed by atoms with Crippen molar-refractivity contribution >= 4 is 23.6 Å². The SMILES string of the molecule is CCSCCN1C(=O)C(CC)NC(=O)C1(C)C1CC1. The van der Waals surface area contributed by atoms with Crippen LogP contribution in [0.5, 0.6) is 0 Å². The van der Waals surface area contributed by atoms with Gasteiger partial charge in [0.2, 0.25) is 11.8 Å². The van der Waals surface area contributed by atoms with E-state index in [1.165, 1.54) is 0 Å². The normalized spacial score (nSPS) is 31.5. The zero-order chi connectivity index (χ0) is 14.0. The molecule has 2 aliphatic rings. The Labute approximate surface area is 119 Å². The highest BCUT2D eigenvalue weighted by Gasteiger charge is 2.56. The van der Waals surface area contributed by atoms with Crippen molar-refractivity contribution in [2.75, 3.05) is 18.1 Å². The lowest BCUT2D eigenvalue weighted by Gasteiger charge is -2.46. The van der Waals surface area contributed by atoms with Gasteiger partial charge in [-0.15, -0.1) is 0 Å². The lowest BCUT2D eigenvalue weighted by molar-refractivity contribution is -0.157. The predicted octanol–water partition coefficient (Wildman–Crippen LogP) is 1.65. The maximum atomic E-state index is 12.5. The number of piperazine rings is 1. The first-order valence-corrected chi connectivity index (χ1v) is 8.41. The first-order chi connectivity index (χ1) is 9.05. The maximum absolute atomic E-state index is 12.5. The molecule has 0 bridgehead atoms. The number of carbonyl (C=O) groups excluding carboxylic acids is 2. The molecule has 108 valence electrons. The number of amides is 2. The number of hydrogen-bond donors (Lipinski definition) is 1. The van der Waals surface area contributed by atoms with Gasteiger partial charge in [0, 0.05) is 12.3 Å². The third kappa shape index (κ3) is 2.62. The van der Waals surface area contributed by atoms with E-state index in [0.717, 1.165) is 24.3 Å². The van der Waals surface area contributed by atoms with Crippen LogP contribution in [0.3, 0.4) is 0 Å². The van der Waals surface area contributed by atoms with Gasteiger partial charge < -0.3 is 10.2 Å². The summed E-state index contributed by atoms with van der Waals surface area (Å²) in [5.41, 5.74) is -0.614. The van der Waals surface area contributed by atoms with Gasteiger partial charge in [-0.25, -0.2) is 0 Å². The molecule has 1 saturated carbocycles. The molecule has 0 radical (unpaired) electrons. The molecule has 0 aromatic rings. The molecule has 1 N–H and O–H groups in total. The van der Waals surface area contributed by atoms with Crippen LogP contribution >= 0.6 is 11.8 Å². The average molecular weight is 284 g/mol. The van der Waals surface area contributed by atoms with Crippen LogP contribution in [0, 0.1) is 5.92 Å². The van der Waals surface area contributed by atoms with Crippen LogP contribution in [0.4, 0.5) is 0 Å². The molecule has 5 heteroatoms. The summed E-state index contributed by atoms with van der Waals surface area (Å²) in [5.74, 6) is 2.46. The zero-order valence-electron chi connectivity index (χ0n) is 12.1. The first-order valence-electron chi connectivity index (χ1n) is 7.25. The van der Waals surface area contributed by atoms with Gasteiger partial charge >= 0.3 is 0 Å². The third-order valence-corrected chi connectivity index (χ3v) is 5.21. The van der Waals surface area contributed by atoms with E-state index in [-0.39, 0.29) is 17.9 Å². The number of thioether (sulfide) groups is 1. The van der Waals surface area contributed by atoms with E-state index in [4.69, 9.17) is 0 Å². The summed E-state index contributed by atoms with van der Waals surface area (Å²) >= 11 is 1.82. The Morgan fingerprint density at radius 2 is 2.05 bits per heavy atom. The Morgan fingerprint density at radius 3 is 2.58 bits per heavy atom. The Kier molecular flexibility index (Phi) is 4.43. The van der Waals surface area contributed by atoms with Gasteiger partial charge in [0.05, 0.1) is 0 Å². The van der Waals surface area contributed by atoms with Crippen molar-refractivity contribution in [3.63, 3.8) is 0 Å². The number of hydrogen-bond acceptors (Lipinski definition) is 3. The van der Waals surface area contributed by atoms with Gasteiger partial charge in [0.15, 0.2) is 0 Å². The number of nitrogens with zero attached hydrogens (tertiary/aromatic N) is 1. The molecule has 1 aliphatic carbocycles. The van der Waals surface area contributed by atoms with Crippen LogP contribution in [0.2, 0.25) is 0 Å². The van der Waals surface area contributed by atoms with E-state index in [1.807, 2.05) is 30.5 Å². The molecule has 2 atom stereocenters. The highest BCUT2D eigenvalue weighted by atomic mass is 32.2. The molecule has 2 unspecified atom stereocenters. The van der Waals surface area contributed by atoms with Gasteiger partial charge in [-0.2, -0.15) is 11.8 Å². The minimum absolute atomic E-state index is 0.0444. The largest absolute Gasteiger partial charge is 0.342 e. The van der Waals surface area contributed by atoms with Crippen molar-refractivity contribution in [3.8, 4) is 0 Å². The Morgan fingerprint density at radius 1 is 1.37 bits per heavy atom. The fourth-order valence-electron chi connectivity index (χ4n) is 2.88. The fraction of sp³-hybridized carbons (Fsp3) is 0.857. The summed E-state index contributed by atoms with van der Waals surface area (Å²) in [6.45, 7) is 6.70. The molecule has 0 aromatic carbocycles. The van der Waals surface area contributed by atoms with E-state index in [9.17, 15) is 9.59 Å². The smallest absolute Gasteiger partial charge is 0.246 e. The molecular weight excluding hydrogens is 260 g/mol. The van der Waals surface area contributed by atoms with Crippen LogP contribution in [0.1, 0.15) is 40.0 Å². The molecule has 1 saturated heterocycles.